The smallest absolute Gasteiger partial charge is 0.289 e. The van der Waals surface area contributed by atoms with Crippen LogP contribution < -0.4 is 14.8 Å². The number of benzene rings is 2. The highest BCUT2D eigenvalue weighted by molar-refractivity contribution is 5.99. The van der Waals surface area contributed by atoms with Gasteiger partial charge in [-0.1, -0.05) is 13.0 Å². The second-order valence-electron chi connectivity index (χ2n) is 9.89. The summed E-state index contributed by atoms with van der Waals surface area (Å²) in [7, 11) is 0. The Labute approximate surface area is 222 Å². The molecule has 39 heavy (non-hydrogen) atoms. The van der Waals surface area contributed by atoms with E-state index in [-0.39, 0.29) is 42.3 Å². The van der Waals surface area contributed by atoms with Gasteiger partial charge in [0.1, 0.15) is 29.6 Å². The van der Waals surface area contributed by atoms with Crippen LogP contribution in [0.15, 0.2) is 53.8 Å². The number of aromatic amines is 1. The van der Waals surface area contributed by atoms with Gasteiger partial charge in [-0.25, -0.2) is 23.1 Å². The summed E-state index contributed by atoms with van der Waals surface area (Å²) in [6.07, 6.45) is 2.74. The summed E-state index contributed by atoms with van der Waals surface area (Å²) < 4.78 is 62.3. The van der Waals surface area contributed by atoms with Crippen LogP contribution in [0.25, 0.3) is 22.2 Å². The average molecular weight is 541 g/mol. The monoisotopic (exact) mass is 540 g/mol. The van der Waals surface area contributed by atoms with Gasteiger partial charge in [-0.15, -0.1) is 0 Å². The molecule has 5 rings (SSSR count). The van der Waals surface area contributed by atoms with E-state index in [1.54, 1.807) is 12.3 Å². The Balaban J connectivity index is 1.48. The van der Waals surface area contributed by atoms with Gasteiger partial charge in [0.2, 0.25) is 0 Å². The van der Waals surface area contributed by atoms with Crippen molar-refractivity contribution in [3.8, 4) is 28.4 Å². The van der Waals surface area contributed by atoms with E-state index in [2.05, 4.69) is 20.3 Å². The van der Waals surface area contributed by atoms with Crippen LogP contribution in [0.5, 0.6) is 17.2 Å². The highest BCUT2D eigenvalue weighted by Crippen LogP contribution is 2.42. The molecule has 0 amide bonds. The lowest BCUT2D eigenvalue weighted by Gasteiger charge is -2.30. The van der Waals surface area contributed by atoms with Crippen molar-refractivity contribution >= 4 is 22.7 Å². The fourth-order valence-electron chi connectivity index (χ4n) is 4.16. The zero-order valence-electron chi connectivity index (χ0n) is 21.5. The number of fused-ring (bicyclic) bond motifs is 1. The third kappa shape index (κ3) is 5.35. The number of aliphatic imine (C=N–C) groups is 1. The fraction of sp³-hybridized carbons (Fsp3) is 0.286. The van der Waals surface area contributed by atoms with Gasteiger partial charge >= 0.3 is 0 Å². The molecule has 0 aliphatic carbocycles. The first kappa shape index (κ1) is 26.4. The molecule has 3 N–H and O–H groups in total. The summed E-state index contributed by atoms with van der Waals surface area (Å²) >= 11 is 0. The maximum Gasteiger partial charge on any atom is 0.289 e. The topological polar surface area (TPSA) is 101 Å². The number of H-pyrrole nitrogens is 1. The van der Waals surface area contributed by atoms with Gasteiger partial charge in [0, 0.05) is 41.2 Å². The van der Waals surface area contributed by atoms with Gasteiger partial charge in [0.15, 0.2) is 17.4 Å². The van der Waals surface area contributed by atoms with Crippen molar-refractivity contribution in [3.05, 3.63) is 66.2 Å². The quantitative estimate of drug-likeness (QED) is 0.265. The molecule has 4 aromatic rings. The number of ether oxygens (including phenoxy) is 3. The number of halogens is 3. The van der Waals surface area contributed by atoms with Crippen LogP contribution in [0, 0.1) is 22.9 Å². The van der Waals surface area contributed by atoms with Crippen LogP contribution in [0.1, 0.15) is 20.8 Å². The van der Waals surface area contributed by atoms with Crippen LogP contribution in [-0.2, 0) is 4.74 Å². The van der Waals surface area contributed by atoms with Crippen LogP contribution in [-0.4, -0.2) is 47.0 Å². The first-order chi connectivity index (χ1) is 18.7. The molecule has 0 fully saturated rings. The van der Waals surface area contributed by atoms with Crippen LogP contribution in [0.2, 0.25) is 0 Å². The largest absolute Gasteiger partial charge is 0.490 e. The van der Waals surface area contributed by atoms with E-state index >= 15 is 13.2 Å². The number of rotatable bonds is 7. The average Bonchev–Trinajstić information content (AvgIpc) is 3.32. The SMILES string of the molecule is CC(C)Oc1cccc(F)c1-c1c[nH]c2nccc(Oc3c(F)cc(NC4=NCC(C)(CO)CO4)cc3F)c12. The maximum atomic E-state index is 15.1. The second-order valence-corrected chi connectivity index (χ2v) is 9.89. The van der Waals surface area contributed by atoms with Crippen LogP contribution >= 0.6 is 0 Å². The van der Waals surface area contributed by atoms with Gasteiger partial charge in [-0.2, -0.15) is 0 Å². The number of pyridine rings is 1. The zero-order valence-corrected chi connectivity index (χ0v) is 21.5. The summed E-state index contributed by atoms with van der Waals surface area (Å²) in [6.45, 7) is 5.85. The third-order valence-corrected chi connectivity index (χ3v) is 6.15. The lowest BCUT2D eigenvalue weighted by Crippen LogP contribution is -2.38. The number of nitrogens with one attached hydrogen (secondary N) is 2. The highest BCUT2D eigenvalue weighted by Gasteiger charge is 2.29. The normalized spacial score (nSPS) is 17.2. The van der Waals surface area contributed by atoms with Crippen molar-refractivity contribution in [2.24, 2.45) is 10.4 Å². The number of aliphatic hydroxyl groups is 1. The lowest BCUT2D eigenvalue weighted by molar-refractivity contribution is 0.0706. The fourth-order valence-corrected chi connectivity index (χ4v) is 4.16. The molecule has 3 heterocycles. The minimum atomic E-state index is -0.981. The van der Waals surface area contributed by atoms with Gasteiger partial charge in [-0.05, 0) is 32.0 Å². The van der Waals surface area contributed by atoms with Gasteiger partial charge in [0.05, 0.1) is 30.2 Å². The summed E-state index contributed by atoms with van der Waals surface area (Å²) in [5.41, 5.74) is 0.413. The van der Waals surface area contributed by atoms with Crippen molar-refractivity contribution in [2.75, 3.05) is 25.1 Å². The molecule has 0 saturated heterocycles. The molecule has 1 aliphatic heterocycles. The van der Waals surface area contributed by atoms with Crippen molar-refractivity contribution in [2.45, 2.75) is 26.9 Å². The van der Waals surface area contributed by atoms with E-state index in [9.17, 15) is 5.11 Å². The lowest BCUT2D eigenvalue weighted by atomic mass is 9.93. The molecule has 0 saturated carbocycles. The first-order valence-corrected chi connectivity index (χ1v) is 12.3. The van der Waals surface area contributed by atoms with E-state index < -0.39 is 28.6 Å². The Morgan fingerprint density at radius 1 is 1.13 bits per heavy atom. The minimum Gasteiger partial charge on any atom is -0.490 e. The molecule has 1 unspecified atom stereocenters. The maximum absolute atomic E-state index is 15.1. The van der Waals surface area contributed by atoms with E-state index in [1.807, 2.05) is 20.8 Å². The standard InChI is InChI=1S/C28H27F3N4O4/c1-15(2)38-21-6-4-5-18(29)23(21)17-11-33-26-24(17)22(7-8-32-26)39-25-19(30)9-16(10-20(25)31)35-27-34-12-28(3,13-36)14-37-27/h4-11,15,36H,12-14H2,1-3H3,(H,32,33)(H,34,35). The predicted octanol–water partition coefficient (Wildman–Crippen LogP) is 6.02. The Morgan fingerprint density at radius 2 is 1.90 bits per heavy atom. The molecule has 0 radical (unpaired) electrons. The second kappa shape index (κ2) is 10.5. The molecule has 0 bridgehead atoms. The number of anilines is 1. The van der Waals surface area contributed by atoms with Crippen molar-refractivity contribution < 1.29 is 32.5 Å². The Hall–Kier alpha value is -4.25. The Morgan fingerprint density at radius 3 is 2.56 bits per heavy atom. The molecule has 11 heteroatoms. The number of amidine groups is 1. The van der Waals surface area contributed by atoms with Gasteiger partial charge in [0.25, 0.3) is 6.02 Å². The molecule has 204 valence electrons. The number of aromatic nitrogens is 2. The molecule has 1 aliphatic rings. The minimum absolute atomic E-state index is 0.0627. The zero-order chi connectivity index (χ0) is 27.7. The highest BCUT2D eigenvalue weighted by atomic mass is 19.1. The van der Waals surface area contributed by atoms with Crippen molar-refractivity contribution in [1.29, 1.82) is 0 Å². The summed E-state index contributed by atoms with van der Waals surface area (Å²) in [4.78, 5) is 11.4. The molecule has 1 atom stereocenters. The summed E-state index contributed by atoms with van der Waals surface area (Å²) in [5, 5.41) is 12.5. The molecular formula is C28H27F3N4O4. The summed E-state index contributed by atoms with van der Waals surface area (Å²) in [6, 6.07) is 8.11. The molecule has 2 aromatic carbocycles. The summed E-state index contributed by atoms with van der Waals surface area (Å²) in [5.74, 6) is -2.77. The van der Waals surface area contributed by atoms with E-state index in [1.165, 1.54) is 24.4 Å². The third-order valence-electron chi connectivity index (χ3n) is 6.15. The number of aliphatic hydroxyl groups excluding tert-OH is 1. The van der Waals surface area contributed by atoms with Gasteiger partial charge in [-0.3, -0.25) is 0 Å². The van der Waals surface area contributed by atoms with E-state index in [4.69, 9.17) is 14.2 Å². The Kier molecular flexibility index (Phi) is 7.09. The van der Waals surface area contributed by atoms with Crippen molar-refractivity contribution in [1.82, 2.24) is 9.97 Å². The molecular weight excluding hydrogens is 513 g/mol. The van der Waals surface area contributed by atoms with Crippen LogP contribution in [0.3, 0.4) is 0 Å². The Bertz CT molecular complexity index is 1530. The number of nitrogens with zero attached hydrogens (tertiary/aromatic N) is 2. The van der Waals surface area contributed by atoms with Crippen molar-refractivity contribution in [3.63, 3.8) is 0 Å². The number of hydrogen-bond donors (Lipinski definition) is 3. The number of hydrogen-bond acceptors (Lipinski definition) is 7. The molecule has 0 spiro atoms. The molecule has 8 nitrogen and oxygen atoms in total. The molecule has 2 aromatic heterocycles. The van der Waals surface area contributed by atoms with E-state index in [0.717, 1.165) is 12.1 Å². The first-order valence-electron chi connectivity index (χ1n) is 12.3. The van der Waals surface area contributed by atoms with Crippen LogP contribution in [0.4, 0.5) is 18.9 Å². The van der Waals surface area contributed by atoms with Gasteiger partial charge < -0.3 is 29.6 Å². The van der Waals surface area contributed by atoms with E-state index in [0.29, 0.717) is 28.9 Å². The predicted molar refractivity (Wildman–Crippen MR) is 141 cm³/mol.